The number of alkyl halides is 3. The summed E-state index contributed by atoms with van der Waals surface area (Å²) in [5.41, 5.74) is 2.08. The van der Waals surface area contributed by atoms with E-state index in [1.54, 1.807) is 0 Å². The van der Waals surface area contributed by atoms with Gasteiger partial charge in [-0.2, -0.15) is 21.9 Å². The fourth-order valence-corrected chi connectivity index (χ4v) is 3.55. The summed E-state index contributed by atoms with van der Waals surface area (Å²) in [6.45, 7) is 1.89. The highest BCUT2D eigenvalue weighted by Crippen LogP contribution is 2.29. The van der Waals surface area contributed by atoms with Crippen LogP contribution in [0.3, 0.4) is 0 Å². The summed E-state index contributed by atoms with van der Waals surface area (Å²) < 4.78 is 44.5. The molecule has 2 rings (SSSR count). The molecule has 8 heteroatoms. The molecule has 0 aromatic carbocycles. The van der Waals surface area contributed by atoms with Gasteiger partial charge in [-0.3, -0.25) is 0 Å². The van der Waals surface area contributed by atoms with E-state index in [9.17, 15) is 13.2 Å². The standard InChI is InChI=1S/C14H16F3N3S2/c1-20-8-5-6-11(10-20)12-13(19-22-18-12)21-9-4-2-3-7-14(15,16)17/h6H,4-5,7-10H2,1H3. The van der Waals surface area contributed by atoms with Crippen LogP contribution in [0.25, 0.3) is 5.57 Å². The Morgan fingerprint density at radius 2 is 2.18 bits per heavy atom. The second kappa shape index (κ2) is 7.99. The normalized spacial score (nSPS) is 16.1. The highest BCUT2D eigenvalue weighted by Gasteiger charge is 2.25. The van der Waals surface area contributed by atoms with Crippen molar-refractivity contribution in [2.75, 3.05) is 25.9 Å². The van der Waals surface area contributed by atoms with Gasteiger partial charge in [-0.15, -0.1) is 17.7 Å². The Morgan fingerprint density at radius 3 is 2.91 bits per heavy atom. The first kappa shape index (κ1) is 17.3. The van der Waals surface area contributed by atoms with Gasteiger partial charge in [0.1, 0.15) is 17.1 Å². The van der Waals surface area contributed by atoms with Gasteiger partial charge in [-0.05, 0) is 19.0 Å². The SMILES string of the molecule is CN1CCC=C(c2nsnc2SCCC#CCC(F)(F)F)C1. The number of hydrogen-bond donors (Lipinski definition) is 0. The number of likely N-dealkylation sites (N-methyl/N-ethyl adjacent to an activating group) is 1. The van der Waals surface area contributed by atoms with Crippen LogP contribution in [0.15, 0.2) is 11.1 Å². The molecule has 3 nitrogen and oxygen atoms in total. The topological polar surface area (TPSA) is 29.0 Å². The van der Waals surface area contributed by atoms with Gasteiger partial charge in [0.15, 0.2) is 0 Å². The third-order valence-electron chi connectivity index (χ3n) is 2.98. The van der Waals surface area contributed by atoms with Gasteiger partial charge in [0.05, 0.1) is 11.7 Å². The first-order valence-electron chi connectivity index (χ1n) is 6.81. The number of aromatic nitrogens is 2. The van der Waals surface area contributed by atoms with E-state index >= 15 is 0 Å². The van der Waals surface area contributed by atoms with E-state index in [0.29, 0.717) is 12.2 Å². The smallest absolute Gasteiger partial charge is 0.302 e. The predicted octanol–water partition coefficient (Wildman–Crippen LogP) is 3.70. The third kappa shape index (κ3) is 5.63. The van der Waals surface area contributed by atoms with E-state index in [4.69, 9.17) is 0 Å². The van der Waals surface area contributed by atoms with Crippen molar-refractivity contribution in [3.63, 3.8) is 0 Å². The Balaban J connectivity index is 1.85. The number of nitrogens with zero attached hydrogens (tertiary/aromatic N) is 3. The van der Waals surface area contributed by atoms with E-state index in [0.717, 1.165) is 30.2 Å². The quantitative estimate of drug-likeness (QED) is 0.472. The number of halogens is 3. The lowest BCUT2D eigenvalue weighted by molar-refractivity contribution is -0.123. The van der Waals surface area contributed by atoms with E-state index in [1.165, 1.54) is 29.1 Å². The fourth-order valence-electron chi connectivity index (χ4n) is 1.99. The molecule has 0 saturated heterocycles. The van der Waals surface area contributed by atoms with Gasteiger partial charge < -0.3 is 4.90 Å². The number of thioether (sulfide) groups is 1. The molecule has 0 spiro atoms. The molecule has 2 heterocycles. The van der Waals surface area contributed by atoms with Gasteiger partial charge in [0, 0.05) is 25.3 Å². The summed E-state index contributed by atoms with van der Waals surface area (Å²) in [6.07, 6.45) is -1.65. The maximum atomic E-state index is 11.9. The Morgan fingerprint density at radius 1 is 1.36 bits per heavy atom. The van der Waals surface area contributed by atoms with Crippen LogP contribution in [0, 0.1) is 11.8 Å². The third-order valence-corrected chi connectivity index (χ3v) is 4.59. The molecule has 1 aromatic rings. The van der Waals surface area contributed by atoms with Crippen molar-refractivity contribution in [2.24, 2.45) is 0 Å². The fraction of sp³-hybridized carbons (Fsp3) is 0.571. The molecule has 0 atom stereocenters. The van der Waals surface area contributed by atoms with Gasteiger partial charge in [-0.1, -0.05) is 12.0 Å². The monoisotopic (exact) mass is 347 g/mol. The van der Waals surface area contributed by atoms with Crippen LogP contribution in [-0.2, 0) is 0 Å². The minimum atomic E-state index is -4.20. The lowest BCUT2D eigenvalue weighted by Crippen LogP contribution is -2.25. The van der Waals surface area contributed by atoms with Crippen molar-refractivity contribution in [1.82, 2.24) is 13.6 Å². The highest BCUT2D eigenvalue weighted by molar-refractivity contribution is 7.99. The van der Waals surface area contributed by atoms with Crippen molar-refractivity contribution in [3.8, 4) is 11.8 Å². The van der Waals surface area contributed by atoms with Crippen LogP contribution in [0.2, 0.25) is 0 Å². The van der Waals surface area contributed by atoms with Gasteiger partial charge in [0.2, 0.25) is 0 Å². The molecule has 1 aliphatic rings. The van der Waals surface area contributed by atoms with E-state index < -0.39 is 12.6 Å². The minimum absolute atomic E-state index is 0.413. The van der Waals surface area contributed by atoms with Gasteiger partial charge >= 0.3 is 6.18 Å². The molecule has 0 N–H and O–H groups in total. The number of rotatable bonds is 4. The molecule has 120 valence electrons. The lowest BCUT2D eigenvalue weighted by atomic mass is 10.1. The molecule has 1 aromatic heterocycles. The Hall–Kier alpha value is -1.04. The molecule has 0 saturated carbocycles. The minimum Gasteiger partial charge on any atom is -0.302 e. The summed E-state index contributed by atoms with van der Waals surface area (Å²) in [5, 5.41) is 0.851. The summed E-state index contributed by atoms with van der Waals surface area (Å²) in [6, 6.07) is 0. The van der Waals surface area contributed by atoms with Gasteiger partial charge in [-0.25, -0.2) is 0 Å². The molecular formula is C14H16F3N3S2. The predicted molar refractivity (Wildman–Crippen MR) is 83.8 cm³/mol. The van der Waals surface area contributed by atoms with E-state index in [-0.39, 0.29) is 0 Å². The van der Waals surface area contributed by atoms with E-state index in [1.807, 2.05) is 0 Å². The van der Waals surface area contributed by atoms with Crippen molar-refractivity contribution >= 4 is 29.1 Å². The highest BCUT2D eigenvalue weighted by atomic mass is 32.2. The maximum Gasteiger partial charge on any atom is 0.399 e. The lowest BCUT2D eigenvalue weighted by Gasteiger charge is -2.22. The molecule has 0 radical (unpaired) electrons. The van der Waals surface area contributed by atoms with Crippen LogP contribution in [0.1, 0.15) is 25.0 Å². The van der Waals surface area contributed by atoms with Crippen LogP contribution < -0.4 is 0 Å². The number of hydrogen-bond acceptors (Lipinski definition) is 5. The van der Waals surface area contributed by atoms with Crippen LogP contribution in [0.4, 0.5) is 13.2 Å². The molecule has 1 aliphatic heterocycles. The first-order chi connectivity index (χ1) is 10.5. The maximum absolute atomic E-state index is 11.9. The Bertz CT molecular complexity index is 584. The molecule has 22 heavy (non-hydrogen) atoms. The van der Waals surface area contributed by atoms with Crippen molar-refractivity contribution in [1.29, 1.82) is 0 Å². The zero-order chi connectivity index (χ0) is 16.0. The molecule has 0 unspecified atom stereocenters. The molecule has 0 bridgehead atoms. The van der Waals surface area contributed by atoms with Crippen LogP contribution >= 0.6 is 23.5 Å². The summed E-state index contributed by atoms with van der Waals surface area (Å²) >= 11 is 2.67. The van der Waals surface area contributed by atoms with Gasteiger partial charge in [0.25, 0.3) is 0 Å². The largest absolute Gasteiger partial charge is 0.399 e. The van der Waals surface area contributed by atoms with Crippen LogP contribution in [0.5, 0.6) is 0 Å². The second-order valence-corrected chi connectivity index (χ2v) is 6.53. The average Bonchev–Trinajstić information content (AvgIpc) is 2.90. The summed E-state index contributed by atoms with van der Waals surface area (Å²) in [7, 11) is 2.07. The average molecular weight is 347 g/mol. The Labute approximate surface area is 136 Å². The van der Waals surface area contributed by atoms with E-state index in [2.05, 4.69) is 38.6 Å². The van der Waals surface area contributed by atoms with Crippen molar-refractivity contribution in [2.45, 2.75) is 30.5 Å². The molecule has 0 aliphatic carbocycles. The summed E-state index contributed by atoms with van der Waals surface area (Å²) in [5.74, 6) is 5.32. The zero-order valence-corrected chi connectivity index (χ0v) is 13.7. The molecule has 0 fully saturated rings. The van der Waals surface area contributed by atoms with Crippen molar-refractivity contribution in [3.05, 3.63) is 11.8 Å². The molecule has 0 amide bonds. The molecular weight excluding hydrogens is 331 g/mol. The van der Waals surface area contributed by atoms with Crippen LogP contribution in [-0.4, -0.2) is 45.7 Å². The van der Waals surface area contributed by atoms with Crippen molar-refractivity contribution < 1.29 is 13.2 Å². The summed E-state index contributed by atoms with van der Waals surface area (Å²) in [4.78, 5) is 2.23. The first-order valence-corrected chi connectivity index (χ1v) is 8.53. The zero-order valence-electron chi connectivity index (χ0n) is 12.1. The second-order valence-electron chi connectivity index (χ2n) is 4.92. The Kier molecular flexibility index (Phi) is 6.29.